The summed E-state index contributed by atoms with van der Waals surface area (Å²) in [5.74, 6) is -0.474. The predicted molar refractivity (Wildman–Crippen MR) is 74.3 cm³/mol. The van der Waals surface area contributed by atoms with Crippen molar-refractivity contribution in [3.05, 3.63) is 58.4 Å². The van der Waals surface area contributed by atoms with Crippen LogP contribution < -0.4 is 11.1 Å². The Bertz CT molecular complexity index is 570. The second-order valence-corrected chi connectivity index (χ2v) is 4.60. The van der Waals surface area contributed by atoms with Crippen LogP contribution in [0.3, 0.4) is 0 Å². The van der Waals surface area contributed by atoms with E-state index in [1.807, 2.05) is 25.1 Å². The molecule has 2 rings (SSSR count). The number of nitrogen functional groups attached to an aromatic ring is 1. The molecule has 0 saturated carbocycles. The molecule has 0 atom stereocenters. The van der Waals surface area contributed by atoms with Crippen LogP contribution in [0.15, 0.2) is 36.4 Å². The molecule has 94 valence electrons. The zero-order chi connectivity index (χ0) is 13.1. The fraction of sp³-hybridized carbons (Fsp3) is 0.143. The van der Waals surface area contributed by atoms with Gasteiger partial charge in [-0.05, 0) is 18.6 Å². The van der Waals surface area contributed by atoms with E-state index >= 15 is 0 Å². The molecule has 0 unspecified atom stereocenters. The smallest absolute Gasteiger partial charge is 0.143 e. The molecule has 0 fully saturated rings. The Morgan fingerprint density at radius 3 is 2.78 bits per heavy atom. The summed E-state index contributed by atoms with van der Waals surface area (Å²) in [6.45, 7) is 2.62. The molecule has 0 aliphatic heterocycles. The molecule has 0 aliphatic carbocycles. The minimum atomic E-state index is -0.474. The van der Waals surface area contributed by atoms with Crippen LogP contribution >= 0.6 is 11.6 Å². The summed E-state index contributed by atoms with van der Waals surface area (Å²) in [5.41, 5.74) is 9.06. The standard InChI is InChI=1S/C14H14ClFN2/c1-9-3-2-4-10(5-9)8-18-14-7-12(16)11(15)6-13(14)17/h2-7,18H,8,17H2,1H3. The van der Waals surface area contributed by atoms with E-state index in [2.05, 4.69) is 11.4 Å². The lowest BCUT2D eigenvalue weighted by Crippen LogP contribution is -2.03. The number of benzene rings is 2. The summed E-state index contributed by atoms with van der Waals surface area (Å²) in [4.78, 5) is 0. The van der Waals surface area contributed by atoms with Crippen LogP contribution in [0.4, 0.5) is 15.8 Å². The number of halogens is 2. The second kappa shape index (κ2) is 5.27. The zero-order valence-corrected chi connectivity index (χ0v) is 10.8. The Hall–Kier alpha value is -1.74. The lowest BCUT2D eigenvalue weighted by molar-refractivity contribution is 0.629. The van der Waals surface area contributed by atoms with Crippen LogP contribution in [0.25, 0.3) is 0 Å². The SMILES string of the molecule is Cc1cccc(CNc2cc(F)c(Cl)cc2N)c1. The summed E-state index contributed by atoms with van der Waals surface area (Å²) >= 11 is 5.64. The third-order valence-corrected chi connectivity index (χ3v) is 2.95. The average Bonchev–Trinajstić information content (AvgIpc) is 2.32. The van der Waals surface area contributed by atoms with Gasteiger partial charge in [0.1, 0.15) is 5.82 Å². The molecule has 0 amide bonds. The van der Waals surface area contributed by atoms with E-state index in [0.717, 1.165) is 5.56 Å². The molecule has 0 bridgehead atoms. The van der Waals surface area contributed by atoms with Gasteiger partial charge in [-0.1, -0.05) is 41.4 Å². The van der Waals surface area contributed by atoms with Crippen molar-refractivity contribution in [1.82, 2.24) is 0 Å². The first kappa shape index (κ1) is 12.7. The normalized spacial score (nSPS) is 10.4. The number of aryl methyl sites for hydroxylation is 1. The largest absolute Gasteiger partial charge is 0.397 e. The van der Waals surface area contributed by atoms with E-state index in [9.17, 15) is 4.39 Å². The fourth-order valence-electron chi connectivity index (χ4n) is 1.73. The molecule has 0 aromatic heterocycles. The summed E-state index contributed by atoms with van der Waals surface area (Å²) in [7, 11) is 0. The Labute approximate surface area is 111 Å². The monoisotopic (exact) mass is 264 g/mol. The Morgan fingerprint density at radius 2 is 2.06 bits per heavy atom. The molecule has 4 heteroatoms. The van der Waals surface area contributed by atoms with E-state index in [-0.39, 0.29) is 5.02 Å². The van der Waals surface area contributed by atoms with Gasteiger partial charge in [-0.2, -0.15) is 0 Å². The molecule has 2 nitrogen and oxygen atoms in total. The molecule has 18 heavy (non-hydrogen) atoms. The molecular formula is C14H14ClFN2. The lowest BCUT2D eigenvalue weighted by Gasteiger charge is -2.10. The zero-order valence-electron chi connectivity index (χ0n) is 10.0. The van der Waals surface area contributed by atoms with Gasteiger partial charge in [0, 0.05) is 12.6 Å². The van der Waals surface area contributed by atoms with Crippen LogP contribution in [0.5, 0.6) is 0 Å². The van der Waals surface area contributed by atoms with Crippen LogP contribution in [-0.2, 0) is 6.54 Å². The quantitative estimate of drug-likeness (QED) is 0.823. The van der Waals surface area contributed by atoms with Gasteiger partial charge in [0.2, 0.25) is 0 Å². The van der Waals surface area contributed by atoms with Crippen molar-refractivity contribution in [3.63, 3.8) is 0 Å². The van der Waals surface area contributed by atoms with Crippen LogP contribution in [0.2, 0.25) is 5.02 Å². The van der Waals surface area contributed by atoms with Gasteiger partial charge in [-0.3, -0.25) is 0 Å². The second-order valence-electron chi connectivity index (χ2n) is 4.20. The van der Waals surface area contributed by atoms with Crippen LogP contribution in [-0.4, -0.2) is 0 Å². The van der Waals surface area contributed by atoms with Crippen molar-refractivity contribution in [3.8, 4) is 0 Å². The molecule has 0 aliphatic rings. The lowest BCUT2D eigenvalue weighted by atomic mass is 10.1. The third kappa shape index (κ3) is 2.93. The first-order valence-corrected chi connectivity index (χ1v) is 5.98. The Kier molecular flexibility index (Phi) is 3.72. The third-order valence-electron chi connectivity index (χ3n) is 2.66. The summed E-state index contributed by atoms with van der Waals surface area (Å²) < 4.78 is 13.3. The number of nitrogens with two attached hydrogens (primary N) is 1. The Balaban J connectivity index is 2.13. The van der Waals surface area contributed by atoms with Crippen molar-refractivity contribution in [2.45, 2.75) is 13.5 Å². The minimum absolute atomic E-state index is 0.0357. The van der Waals surface area contributed by atoms with Gasteiger partial charge in [-0.15, -0.1) is 0 Å². The number of rotatable bonds is 3. The first-order chi connectivity index (χ1) is 8.56. The molecule has 0 spiro atoms. The van der Waals surface area contributed by atoms with Gasteiger partial charge in [0.15, 0.2) is 0 Å². The molecule has 0 radical (unpaired) electrons. The van der Waals surface area contributed by atoms with Gasteiger partial charge in [0.05, 0.1) is 16.4 Å². The van der Waals surface area contributed by atoms with Crippen molar-refractivity contribution >= 4 is 23.0 Å². The van der Waals surface area contributed by atoms with Crippen molar-refractivity contribution in [2.75, 3.05) is 11.1 Å². The van der Waals surface area contributed by atoms with Gasteiger partial charge in [-0.25, -0.2) is 4.39 Å². The van der Waals surface area contributed by atoms with Crippen LogP contribution in [0.1, 0.15) is 11.1 Å². The minimum Gasteiger partial charge on any atom is -0.397 e. The van der Waals surface area contributed by atoms with E-state index < -0.39 is 5.82 Å². The van der Waals surface area contributed by atoms with E-state index in [1.165, 1.54) is 17.7 Å². The van der Waals surface area contributed by atoms with Gasteiger partial charge < -0.3 is 11.1 Å². The van der Waals surface area contributed by atoms with E-state index in [0.29, 0.717) is 17.9 Å². The Morgan fingerprint density at radius 1 is 1.28 bits per heavy atom. The number of hydrogen-bond donors (Lipinski definition) is 2. The summed E-state index contributed by atoms with van der Waals surface area (Å²) in [6, 6.07) is 10.8. The fourth-order valence-corrected chi connectivity index (χ4v) is 1.91. The maximum absolute atomic E-state index is 13.3. The predicted octanol–water partition coefficient (Wildman–Crippen LogP) is 3.98. The summed E-state index contributed by atoms with van der Waals surface area (Å²) in [5, 5.41) is 3.14. The molecule has 2 aromatic carbocycles. The maximum Gasteiger partial charge on any atom is 0.143 e. The average molecular weight is 265 g/mol. The molecule has 0 heterocycles. The molecule has 2 aromatic rings. The summed E-state index contributed by atoms with van der Waals surface area (Å²) in [6.07, 6.45) is 0. The van der Waals surface area contributed by atoms with Gasteiger partial charge >= 0.3 is 0 Å². The van der Waals surface area contributed by atoms with Gasteiger partial charge in [0.25, 0.3) is 0 Å². The van der Waals surface area contributed by atoms with Crippen molar-refractivity contribution in [2.24, 2.45) is 0 Å². The highest BCUT2D eigenvalue weighted by atomic mass is 35.5. The van der Waals surface area contributed by atoms with Crippen LogP contribution in [0, 0.1) is 12.7 Å². The first-order valence-electron chi connectivity index (χ1n) is 5.60. The van der Waals surface area contributed by atoms with Crippen molar-refractivity contribution < 1.29 is 4.39 Å². The highest BCUT2D eigenvalue weighted by Crippen LogP contribution is 2.26. The molecule has 0 saturated heterocycles. The maximum atomic E-state index is 13.3. The molecular weight excluding hydrogens is 251 g/mol. The highest BCUT2D eigenvalue weighted by molar-refractivity contribution is 6.31. The van der Waals surface area contributed by atoms with E-state index in [1.54, 1.807) is 0 Å². The number of anilines is 2. The topological polar surface area (TPSA) is 38.0 Å². The molecule has 3 N–H and O–H groups in total. The highest BCUT2D eigenvalue weighted by Gasteiger charge is 2.06. The van der Waals surface area contributed by atoms with Crippen molar-refractivity contribution in [1.29, 1.82) is 0 Å². The number of hydrogen-bond acceptors (Lipinski definition) is 2. The number of nitrogens with one attached hydrogen (secondary N) is 1. The van der Waals surface area contributed by atoms with E-state index in [4.69, 9.17) is 17.3 Å².